The lowest BCUT2D eigenvalue weighted by atomic mass is 10.2. The first-order valence-electron chi connectivity index (χ1n) is 8.74. The van der Waals surface area contributed by atoms with Gasteiger partial charge in [-0.3, -0.25) is 14.0 Å². The van der Waals surface area contributed by atoms with Gasteiger partial charge in [0.15, 0.2) is 10.0 Å². The molecule has 1 fully saturated rings. The fraction of sp³-hybridized carbons (Fsp3) is 0.389. The van der Waals surface area contributed by atoms with E-state index < -0.39 is 11.8 Å². The Morgan fingerprint density at radius 1 is 1.52 bits per heavy atom. The van der Waals surface area contributed by atoms with Gasteiger partial charge in [-0.2, -0.15) is 0 Å². The molecule has 1 saturated heterocycles. The van der Waals surface area contributed by atoms with Crippen molar-refractivity contribution in [3.63, 3.8) is 0 Å². The number of carboxylic acid groups (broad SMARTS) is 1. The molecule has 11 heteroatoms. The standard InChI is InChI=1S/C18H19ClFN3O4S2/c1-11(24)23(29-18-21-16(10-28-18)17(25)26)9-13-8-22(4-5-27-13)7-12-2-3-15(20)14(19)6-12/h2-3,6,10,13H,4-5,7-9H2,1H3,(H,25,26)/t13-/m0/s1. The van der Waals surface area contributed by atoms with E-state index in [1.54, 1.807) is 12.1 Å². The van der Waals surface area contributed by atoms with E-state index >= 15 is 0 Å². The summed E-state index contributed by atoms with van der Waals surface area (Å²) in [5.41, 5.74) is 0.859. The second-order valence-electron chi connectivity index (χ2n) is 6.45. The summed E-state index contributed by atoms with van der Waals surface area (Å²) in [6, 6.07) is 4.66. The first-order valence-corrected chi connectivity index (χ1v) is 10.8. The topological polar surface area (TPSA) is 83.0 Å². The van der Waals surface area contributed by atoms with Gasteiger partial charge in [-0.05, 0) is 17.7 Å². The molecule has 0 saturated carbocycles. The van der Waals surface area contributed by atoms with E-state index in [-0.39, 0.29) is 22.7 Å². The van der Waals surface area contributed by atoms with Crippen molar-refractivity contribution in [1.29, 1.82) is 0 Å². The zero-order valence-corrected chi connectivity index (χ0v) is 17.9. The van der Waals surface area contributed by atoms with Gasteiger partial charge in [-0.25, -0.2) is 14.2 Å². The van der Waals surface area contributed by atoms with E-state index in [9.17, 15) is 14.0 Å². The lowest BCUT2D eigenvalue weighted by Crippen LogP contribution is -2.46. The fourth-order valence-electron chi connectivity index (χ4n) is 2.84. The third kappa shape index (κ3) is 6.13. The number of amides is 1. The van der Waals surface area contributed by atoms with E-state index in [0.29, 0.717) is 37.1 Å². The minimum atomic E-state index is -1.10. The summed E-state index contributed by atoms with van der Waals surface area (Å²) in [5, 5.41) is 10.5. The van der Waals surface area contributed by atoms with Crippen molar-refractivity contribution in [2.45, 2.75) is 23.9 Å². The van der Waals surface area contributed by atoms with Crippen LogP contribution in [0.15, 0.2) is 27.9 Å². The molecule has 0 unspecified atom stereocenters. The van der Waals surface area contributed by atoms with Gasteiger partial charge in [-0.1, -0.05) is 17.7 Å². The van der Waals surface area contributed by atoms with E-state index in [4.69, 9.17) is 21.4 Å². The van der Waals surface area contributed by atoms with E-state index in [2.05, 4.69) is 9.88 Å². The Morgan fingerprint density at radius 2 is 2.31 bits per heavy atom. The minimum absolute atomic E-state index is 0.0425. The number of morpholine rings is 1. The van der Waals surface area contributed by atoms with Crippen LogP contribution in [0.5, 0.6) is 0 Å². The Kier molecular flexibility index (Phi) is 7.47. The van der Waals surface area contributed by atoms with Gasteiger partial charge >= 0.3 is 5.97 Å². The van der Waals surface area contributed by atoms with Crippen molar-refractivity contribution in [3.05, 3.63) is 45.7 Å². The van der Waals surface area contributed by atoms with Crippen LogP contribution in [0, 0.1) is 5.82 Å². The van der Waals surface area contributed by atoms with Crippen LogP contribution >= 0.6 is 34.9 Å². The average Bonchev–Trinajstić information content (AvgIpc) is 3.13. The Labute approximate surface area is 180 Å². The number of hydrogen-bond acceptors (Lipinski definition) is 7. The highest BCUT2D eigenvalue weighted by atomic mass is 35.5. The molecule has 7 nitrogen and oxygen atoms in total. The number of aromatic carboxylic acids is 1. The maximum atomic E-state index is 13.3. The number of carbonyl (C=O) groups excluding carboxylic acids is 1. The molecule has 0 bridgehead atoms. The lowest BCUT2D eigenvalue weighted by molar-refractivity contribution is -0.126. The summed E-state index contributed by atoms with van der Waals surface area (Å²) >= 11 is 8.14. The molecule has 1 aliphatic heterocycles. The smallest absolute Gasteiger partial charge is 0.355 e. The van der Waals surface area contributed by atoms with Gasteiger partial charge in [-0.15, -0.1) is 11.3 Å². The Bertz CT molecular complexity index is 898. The van der Waals surface area contributed by atoms with Crippen molar-refractivity contribution < 1.29 is 23.8 Å². The van der Waals surface area contributed by atoms with Crippen LogP contribution in [0.4, 0.5) is 4.39 Å². The summed E-state index contributed by atoms with van der Waals surface area (Å²) in [5.74, 6) is -1.72. The molecule has 3 rings (SSSR count). The van der Waals surface area contributed by atoms with E-state index in [0.717, 1.165) is 17.5 Å². The lowest BCUT2D eigenvalue weighted by Gasteiger charge is -2.35. The molecule has 0 radical (unpaired) electrons. The Hall–Kier alpha value is -1.72. The van der Waals surface area contributed by atoms with Crippen molar-refractivity contribution in [2.24, 2.45) is 0 Å². The quantitative estimate of drug-likeness (QED) is 0.635. The number of ether oxygens (including phenoxy) is 1. The molecule has 156 valence electrons. The summed E-state index contributed by atoms with van der Waals surface area (Å²) in [7, 11) is 0. The predicted octanol–water partition coefficient (Wildman–Crippen LogP) is 3.39. The van der Waals surface area contributed by atoms with Crippen LogP contribution in [-0.2, 0) is 16.1 Å². The SMILES string of the molecule is CC(=O)N(C[C@@H]1CN(Cc2ccc(F)c(Cl)c2)CCO1)Sc1nc(C(=O)O)cs1. The molecule has 1 aliphatic rings. The van der Waals surface area contributed by atoms with Crippen LogP contribution in [0.3, 0.4) is 0 Å². The monoisotopic (exact) mass is 459 g/mol. The molecule has 1 amide bonds. The molecule has 2 heterocycles. The van der Waals surface area contributed by atoms with Crippen LogP contribution in [0.2, 0.25) is 5.02 Å². The van der Waals surface area contributed by atoms with Gasteiger partial charge in [0.05, 0.1) is 24.3 Å². The number of nitrogens with zero attached hydrogens (tertiary/aromatic N) is 3. The van der Waals surface area contributed by atoms with Crippen molar-refractivity contribution in [1.82, 2.24) is 14.2 Å². The third-order valence-electron chi connectivity index (χ3n) is 4.22. The average molecular weight is 460 g/mol. The van der Waals surface area contributed by atoms with Crippen LogP contribution < -0.4 is 0 Å². The molecule has 0 spiro atoms. The third-order valence-corrected chi connectivity index (χ3v) is 6.53. The maximum absolute atomic E-state index is 13.3. The number of benzene rings is 1. The number of thiazole rings is 1. The maximum Gasteiger partial charge on any atom is 0.355 e. The highest BCUT2D eigenvalue weighted by Crippen LogP contribution is 2.27. The van der Waals surface area contributed by atoms with Crippen molar-refractivity contribution in [3.8, 4) is 0 Å². The van der Waals surface area contributed by atoms with Crippen molar-refractivity contribution in [2.75, 3.05) is 26.2 Å². The van der Waals surface area contributed by atoms with Crippen LogP contribution in [0.25, 0.3) is 0 Å². The largest absolute Gasteiger partial charge is 0.476 e. The molecular formula is C18H19ClFN3O4S2. The van der Waals surface area contributed by atoms with E-state index in [1.165, 1.54) is 34.0 Å². The summed E-state index contributed by atoms with van der Waals surface area (Å²) in [6.45, 7) is 4.20. The van der Waals surface area contributed by atoms with Gasteiger partial charge in [0.25, 0.3) is 0 Å². The summed E-state index contributed by atoms with van der Waals surface area (Å²) < 4.78 is 21.1. The van der Waals surface area contributed by atoms with Crippen molar-refractivity contribution >= 4 is 46.8 Å². The number of hydrogen-bond donors (Lipinski definition) is 1. The normalized spacial score (nSPS) is 17.3. The van der Waals surface area contributed by atoms with Crippen LogP contribution in [-0.4, -0.2) is 63.5 Å². The van der Waals surface area contributed by atoms with Gasteiger partial charge in [0.1, 0.15) is 5.82 Å². The summed E-state index contributed by atoms with van der Waals surface area (Å²) in [4.78, 5) is 29.2. The number of carboxylic acids is 1. The zero-order chi connectivity index (χ0) is 21.0. The van der Waals surface area contributed by atoms with Crippen LogP contribution in [0.1, 0.15) is 23.0 Å². The highest BCUT2D eigenvalue weighted by molar-refractivity contribution is 7.99. The molecule has 1 aromatic heterocycles. The van der Waals surface area contributed by atoms with Gasteiger partial charge < -0.3 is 9.84 Å². The molecule has 1 N–H and O–H groups in total. The predicted molar refractivity (Wildman–Crippen MR) is 109 cm³/mol. The second kappa shape index (κ2) is 9.86. The van der Waals surface area contributed by atoms with Gasteiger partial charge in [0, 0.05) is 43.9 Å². The molecule has 2 aromatic rings. The zero-order valence-electron chi connectivity index (χ0n) is 15.5. The number of carbonyl (C=O) groups is 2. The van der Waals surface area contributed by atoms with E-state index in [1.807, 2.05) is 0 Å². The molecule has 1 aromatic carbocycles. The Balaban J connectivity index is 1.59. The Morgan fingerprint density at radius 3 is 2.97 bits per heavy atom. The molecule has 29 heavy (non-hydrogen) atoms. The molecule has 0 aliphatic carbocycles. The highest BCUT2D eigenvalue weighted by Gasteiger charge is 2.25. The fourth-order valence-corrected chi connectivity index (χ4v) is 4.84. The first kappa shape index (κ1) is 22.0. The van der Waals surface area contributed by atoms with Gasteiger partial charge in [0.2, 0.25) is 5.91 Å². The number of rotatable bonds is 7. The molecule has 1 atom stereocenters. The number of halogens is 2. The first-order chi connectivity index (χ1) is 13.8. The summed E-state index contributed by atoms with van der Waals surface area (Å²) in [6.07, 6.45) is -0.213. The minimum Gasteiger partial charge on any atom is -0.476 e. The number of aromatic nitrogens is 1. The molecular weight excluding hydrogens is 441 g/mol. The second-order valence-corrected chi connectivity index (χ2v) is 8.99.